The van der Waals surface area contributed by atoms with Crippen LogP contribution in [0.15, 0.2) is 115 Å². The molecule has 0 spiro atoms. The Morgan fingerprint density at radius 2 is 0.919 bits per heavy atom. The number of rotatable bonds is 2. The highest BCUT2D eigenvalue weighted by molar-refractivity contribution is 7.00. The van der Waals surface area contributed by atoms with Gasteiger partial charge in [0.2, 0.25) is 0 Å². The topological polar surface area (TPSA) is 54.1 Å². The van der Waals surface area contributed by atoms with E-state index in [2.05, 4.69) is 82.6 Å². The summed E-state index contributed by atoms with van der Waals surface area (Å²) in [6.45, 7) is -0.113. The Bertz CT molecular complexity index is 1640. The summed E-state index contributed by atoms with van der Waals surface area (Å²) in [6, 6.07) is 43.7. The van der Waals surface area contributed by atoms with Crippen molar-refractivity contribution in [2.45, 2.75) is 0 Å². The Hall–Kier alpha value is -5.26. The number of fused-ring (bicyclic) bond motifs is 4. The molecule has 0 saturated carbocycles. The quantitative estimate of drug-likeness (QED) is 0.313. The lowest BCUT2D eigenvalue weighted by atomic mass is 9.33. The third-order valence-electron chi connectivity index (χ3n) is 7.29. The van der Waals surface area contributed by atoms with Crippen molar-refractivity contribution in [1.82, 2.24) is 0 Å². The van der Waals surface area contributed by atoms with Gasteiger partial charge < -0.3 is 9.80 Å². The number of anilines is 6. The van der Waals surface area contributed by atoms with E-state index in [9.17, 15) is 10.5 Å². The molecule has 170 valence electrons. The maximum atomic E-state index is 10.4. The van der Waals surface area contributed by atoms with Crippen LogP contribution in [0.1, 0.15) is 11.1 Å². The summed E-state index contributed by atoms with van der Waals surface area (Å²) in [6.07, 6.45) is 0. The van der Waals surface area contributed by atoms with Crippen LogP contribution < -0.4 is 26.2 Å². The molecule has 5 aromatic rings. The van der Waals surface area contributed by atoms with Crippen molar-refractivity contribution >= 4 is 57.2 Å². The SMILES string of the molecule is N#Cc1cc(C#N)c2c3c1N(c1ccccc1)c1ccccc1B3c1ccccc1N2c1ccccc1. The molecule has 0 fully saturated rings. The lowest BCUT2D eigenvalue weighted by molar-refractivity contribution is 1.23. The molecule has 4 nitrogen and oxygen atoms in total. The van der Waals surface area contributed by atoms with Crippen molar-refractivity contribution in [2.24, 2.45) is 0 Å². The molecule has 7 rings (SSSR count). The second-order valence-electron chi connectivity index (χ2n) is 9.20. The summed E-state index contributed by atoms with van der Waals surface area (Å²) >= 11 is 0. The minimum Gasteiger partial charge on any atom is -0.310 e. The van der Waals surface area contributed by atoms with Crippen molar-refractivity contribution in [3.8, 4) is 12.1 Å². The molecule has 0 atom stereocenters. The van der Waals surface area contributed by atoms with Crippen molar-refractivity contribution in [1.29, 1.82) is 10.5 Å². The van der Waals surface area contributed by atoms with E-state index in [1.807, 2.05) is 48.5 Å². The Labute approximate surface area is 216 Å². The Balaban J connectivity index is 1.68. The van der Waals surface area contributed by atoms with E-state index in [-0.39, 0.29) is 6.71 Å². The predicted octanol–water partition coefficient (Wildman–Crippen LogP) is 5.51. The zero-order valence-electron chi connectivity index (χ0n) is 19.8. The number of benzene rings is 5. The van der Waals surface area contributed by atoms with Crippen LogP contribution in [0.4, 0.5) is 34.1 Å². The number of para-hydroxylation sites is 4. The second-order valence-corrected chi connectivity index (χ2v) is 9.20. The molecule has 0 radical (unpaired) electrons. The average molecular weight is 470 g/mol. The third kappa shape index (κ3) is 2.95. The summed E-state index contributed by atoms with van der Waals surface area (Å²) in [5.41, 5.74) is 9.98. The summed E-state index contributed by atoms with van der Waals surface area (Å²) in [5.74, 6) is 0. The van der Waals surface area contributed by atoms with Gasteiger partial charge in [-0.2, -0.15) is 10.5 Å². The molecule has 0 amide bonds. The van der Waals surface area contributed by atoms with Crippen LogP contribution >= 0.6 is 0 Å². The fourth-order valence-corrected chi connectivity index (χ4v) is 5.89. The first-order valence-corrected chi connectivity index (χ1v) is 12.2. The van der Waals surface area contributed by atoms with Crippen molar-refractivity contribution in [3.05, 3.63) is 126 Å². The first kappa shape index (κ1) is 21.1. The average Bonchev–Trinajstić information content (AvgIpc) is 2.97. The van der Waals surface area contributed by atoms with Gasteiger partial charge in [-0.15, -0.1) is 0 Å². The van der Waals surface area contributed by atoms with Gasteiger partial charge in [0.05, 0.1) is 22.5 Å². The molecular formula is C32H19BN4. The van der Waals surface area contributed by atoms with Gasteiger partial charge in [0, 0.05) is 22.7 Å². The largest absolute Gasteiger partial charge is 0.310 e. The third-order valence-corrected chi connectivity index (χ3v) is 7.29. The summed E-state index contributed by atoms with van der Waals surface area (Å²) in [5, 5.41) is 20.7. The predicted molar refractivity (Wildman–Crippen MR) is 150 cm³/mol. The highest BCUT2D eigenvalue weighted by Crippen LogP contribution is 2.46. The molecule has 2 aliphatic heterocycles. The van der Waals surface area contributed by atoms with Gasteiger partial charge in [-0.05, 0) is 58.9 Å². The molecule has 0 aromatic heterocycles. The Kier molecular flexibility index (Phi) is 4.64. The summed E-state index contributed by atoms with van der Waals surface area (Å²) in [4.78, 5) is 4.36. The number of nitriles is 2. The summed E-state index contributed by atoms with van der Waals surface area (Å²) in [7, 11) is 0. The monoisotopic (exact) mass is 470 g/mol. The standard InChI is InChI=1S/C32H19BN4/c34-20-22-19-23(21-35)32-30-31(22)36(24-11-3-1-4-12-24)28-17-9-7-15-26(28)33(30)27-16-8-10-18-29(27)37(32)25-13-5-2-6-14-25/h1-19H. The maximum Gasteiger partial charge on any atom is 0.252 e. The lowest BCUT2D eigenvalue weighted by Crippen LogP contribution is -2.61. The van der Waals surface area contributed by atoms with E-state index in [4.69, 9.17) is 0 Å². The van der Waals surface area contributed by atoms with Crippen molar-refractivity contribution < 1.29 is 0 Å². The van der Waals surface area contributed by atoms with Crippen LogP contribution in [0.5, 0.6) is 0 Å². The fourth-order valence-electron chi connectivity index (χ4n) is 5.89. The zero-order chi connectivity index (χ0) is 24.9. The fraction of sp³-hybridized carbons (Fsp3) is 0. The lowest BCUT2D eigenvalue weighted by Gasteiger charge is -2.44. The molecule has 0 N–H and O–H groups in total. The van der Waals surface area contributed by atoms with Crippen LogP contribution in [0.3, 0.4) is 0 Å². The Morgan fingerprint density at radius 1 is 0.514 bits per heavy atom. The number of nitrogens with zero attached hydrogens (tertiary/aromatic N) is 4. The number of hydrogen-bond donors (Lipinski definition) is 0. The second kappa shape index (κ2) is 8.16. The summed E-state index contributed by atoms with van der Waals surface area (Å²) < 4.78 is 0. The normalized spacial score (nSPS) is 12.6. The number of hydrogen-bond acceptors (Lipinski definition) is 4. The maximum absolute atomic E-state index is 10.4. The first-order valence-electron chi connectivity index (χ1n) is 12.2. The van der Waals surface area contributed by atoms with E-state index in [1.165, 1.54) is 0 Å². The van der Waals surface area contributed by atoms with Crippen LogP contribution in [0.25, 0.3) is 0 Å². The molecule has 37 heavy (non-hydrogen) atoms. The zero-order valence-corrected chi connectivity index (χ0v) is 19.8. The highest BCUT2D eigenvalue weighted by Gasteiger charge is 2.45. The molecule has 5 heteroatoms. The van der Waals surface area contributed by atoms with E-state index < -0.39 is 0 Å². The van der Waals surface area contributed by atoms with Gasteiger partial charge >= 0.3 is 0 Å². The van der Waals surface area contributed by atoms with Crippen LogP contribution in [-0.4, -0.2) is 6.71 Å². The van der Waals surface area contributed by atoms with Crippen molar-refractivity contribution in [3.63, 3.8) is 0 Å². The van der Waals surface area contributed by atoms with Gasteiger partial charge in [0.1, 0.15) is 12.1 Å². The van der Waals surface area contributed by atoms with Gasteiger partial charge in [-0.1, -0.05) is 72.8 Å². The van der Waals surface area contributed by atoms with Gasteiger partial charge in [-0.25, -0.2) is 0 Å². The van der Waals surface area contributed by atoms with Gasteiger partial charge in [-0.3, -0.25) is 0 Å². The van der Waals surface area contributed by atoms with E-state index >= 15 is 0 Å². The molecule has 2 aliphatic rings. The highest BCUT2D eigenvalue weighted by atomic mass is 15.2. The van der Waals surface area contributed by atoms with Crippen LogP contribution in [-0.2, 0) is 0 Å². The van der Waals surface area contributed by atoms with Crippen molar-refractivity contribution in [2.75, 3.05) is 9.80 Å². The molecule has 2 heterocycles. The molecule has 5 aromatic carbocycles. The minimum atomic E-state index is -0.113. The molecule has 0 aliphatic carbocycles. The molecule has 0 saturated heterocycles. The van der Waals surface area contributed by atoms with Crippen LogP contribution in [0.2, 0.25) is 0 Å². The molecule has 0 bridgehead atoms. The minimum absolute atomic E-state index is 0.113. The van der Waals surface area contributed by atoms with E-state index in [0.29, 0.717) is 11.1 Å². The first-order chi connectivity index (χ1) is 18.3. The molecular weight excluding hydrogens is 451 g/mol. The van der Waals surface area contributed by atoms with E-state index in [0.717, 1.165) is 50.5 Å². The van der Waals surface area contributed by atoms with Crippen LogP contribution in [0, 0.1) is 22.7 Å². The van der Waals surface area contributed by atoms with Gasteiger partial charge in [0.25, 0.3) is 6.71 Å². The molecule has 0 unspecified atom stereocenters. The van der Waals surface area contributed by atoms with E-state index in [1.54, 1.807) is 6.07 Å². The smallest absolute Gasteiger partial charge is 0.252 e. The van der Waals surface area contributed by atoms with Gasteiger partial charge in [0.15, 0.2) is 0 Å². The Morgan fingerprint density at radius 3 is 1.35 bits per heavy atom.